The highest BCUT2D eigenvalue weighted by molar-refractivity contribution is 5.92. The summed E-state index contributed by atoms with van der Waals surface area (Å²) in [5.74, 6) is 0.798. The highest BCUT2D eigenvalue weighted by Crippen LogP contribution is 2.55. The Morgan fingerprint density at radius 3 is 2.27 bits per heavy atom. The van der Waals surface area contributed by atoms with E-state index < -0.39 is 0 Å². The number of aryl methyl sites for hydroxylation is 1. The van der Waals surface area contributed by atoms with Gasteiger partial charge in [-0.1, -0.05) is 55.5 Å². The van der Waals surface area contributed by atoms with Crippen molar-refractivity contribution in [3.05, 3.63) is 99.0 Å². The summed E-state index contributed by atoms with van der Waals surface area (Å²) in [4.78, 5) is 24.6. The molecule has 30 heavy (non-hydrogen) atoms. The molecule has 5 heteroatoms. The van der Waals surface area contributed by atoms with Crippen LogP contribution >= 0.6 is 0 Å². The average Bonchev–Trinajstić information content (AvgIpc) is 2.79. The molecular weight excluding hydrogens is 374 g/mol. The second-order valence-electron chi connectivity index (χ2n) is 8.27. The molecule has 0 fully saturated rings. The van der Waals surface area contributed by atoms with Crippen LogP contribution in [0.1, 0.15) is 64.3 Å². The van der Waals surface area contributed by atoms with E-state index in [0.29, 0.717) is 36.5 Å². The summed E-state index contributed by atoms with van der Waals surface area (Å²) in [7, 11) is 0. The Bertz CT molecular complexity index is 1120. The highest BCUT2D eigenvalue weighted by Gasteiger charge is 2.42. The summed E-state index contributed by atoms with van der Waals surface area (Å²) in [6.45, 7) is 3.09. The Morgan fingerprint density at radius 2 is 1.63 bits per heavy atom. The van der Waals surface area contributed by atoms with Crippen LogP contribution in [0.25, 0.3) is 0 Å². The van der Waals surface area contributed by atoms with Crippen LogP contribution in [-0.2, 0) is 6.54 Å². The first-order valence-electron chi connectivity index (χ1n) is 10.7. The van der Waals surface area contributed by atoms with Crippen molar-refractivity contribution < 1.29 is 4.79 Å². The van der Waals surface area contributed by atoms with Crippen LogP contribution in [0.3, 0.4) is 0 Å². The van der Waals surface area contributed by atoms with E-state index in [-0.39, 0.29) is 11.5 Å². The lowest BCUT2D eigenvalue weighted by atomic mass is 9.59. The van der Waals surface area contributed by atoms with Crippen molar-refractivity contribution >= 4 is 5.91 Å². The maximum absolute atomic E-state index is 12.8. The number of aromatic nitrogens is 2. The van der Waals surface area contributed by atoms with Gasteiger partial charge in [-0.2, -0.15) is 5.10 Å². The number of carbonyl (C=O) groups excluding carboxylic acids is 1. The van der Waals surface area contributed by atoms with Crippen molar-refractivity contribution in [3.8, 4) is 0 Å². The number of benzene rings is 2. The molecule has 0 spiro atoms. The molecule has 3 aliphatic rings. The highest BCUT2D eigenvalue weighted by atomic mass is 16.2. The van der Waals surface area contributed by atoms with Gasteiger partial charge < -0.3 is 5.32 Å². The Hall–Kier alpha value is -3.21. The van der Waals surface area contributed by atoms with Gasteiger partial charge >= 0.3 is 0 Å². The van der Waals surface area contributed by atoms with Crippen LogP contribution in [0, 0.1) is 5.92 Å². The largest absolute Gasteiger partial charge is 0.350 e. The van der Waals surface area contributed by atoms with Crippen LogP contribution in [-0.4, -0.2) is 22.2 Å². The molecule has 0 saturated carbocycles. The number of nitrogens with one attached hydrogen (secondary N) is 1. The second kappa shape index (κ2) is 7.56. The number of hydrogen-bond acceptors (Lipinski definition) is 3. The molecule has 0 unspecified atom stereocenters. The van der Waals surface area contributed by atoms with Gasteiger partial charge in [0.25, 0.3) is 11.5 Å². The lowest BCUT2D eigenvalue weighted by Crippen LogP contribution is -2.40. The SMILES string of the molecule is CCCn1nc(C(=O)NC[C@@H]2CC3c4ccccc4C2c2ccccc23)ccc1=O. The summed E-state index contributed by atoms with van der Waals surface area (Å²) >= 11 is 0. The van der Waals surface area contributed by atoms with E-state index in [4.69, 9.17) is 0 Å². The molecular formula is C25H25N3O2. The Kier molecular flexibility index (Phi) is 4.74. The number of fused-ring (bicyclic) bond motifs is 1. The van der Waals surface area contributed by atoms with Gasteiger partial charge in [-0.15, -0.1) is 0 Å². The molecule has 1 atom stereocenters. The molecule has 1 heterocycles. The first-order valence-corrected chi connectivity index (χ1v) is 10.7. The van der Waals surface area contributed by atoms with Crippen molar-refractivity contribution in [2.75, 3.05) is 6.54 Å². The molecule has 3 aliphatic carbocycles. The maximum Gasteiger partial charge on any atom is 0.271 e. The van der Waals surface area contributed by atoms with E-state index in [1.54, 1.807) is 0 Å². The van der Waals surface area contributed by atoms with Gasteiger partial charge in [0.05, 0.1) is 0 Å². The van der Waals surface area contributed by atoms with E-state index in [1.165, 1.54) is 39.1 Å². The Balaban J connectivity index is 1.39. The zero-order chi connectivity index (χ0) is 20.7. The van der Waals surface area contributed by atoms with Gasteiger partial charge in [0, 0.05) is 31.0 Å². The fraction of sp³-hybridized carbons (Fsp3) is 0.320. The molecule has 0 saturated heterocycles. The van der Waals surface area contributed by atoms with Gasteiger partial charge in [-0.3, -0.25) is 9.59 Å². The van der Waals surface area contributed by atoms with Crippen LogP contribution in [0.4, 0.5) is 0 Å². The molecule has 6 rings (SSSR count). The molecule has 5 nitrogen and oxygen atoms in total. The van der Waals surface area contributed by atoms with Crippen molar-refractivity contribution in [1.29, 1.82) is 0 Å². The van der Waals surface area contributed by atoms with Crippen LogP contribution in [0.15, 0.2) is 65.5 Å². The minimum atomic E-state index is -0.220. The third kappa shape index (κ3) is 3.05. The molecule has 2 bridgehead atoms. The molecule has 2 aromatic carbocycles. The summed E-state index contributed by atoms with van der Waals surface area (Å²) in [6.07, 6.45) is 1.82. The summed E-state index contributed by atoms with van der Waals surface area (Å²) < 4.78 is 1.37. The number of rotatable bonds is 5. The summed E-state index contributed by atoms with van der Waals surface area (Å²) in [6, 6.07) is 20.4. The monoisotopic (exact) mass is 399 g/mol. The predicted octanol–water partition coefficient (Wildman–Crippen LogP) is 3.68. The first kappa shape index (κ1) is 18.8. The number of nitrogens with zero attached hydrogens (tertiary/aromatic N) is 2. The van der Waals surface area contributed by atoms with Crippen molar-refractivity contribution in [3.63, 3.8) is 0 Å². The zero-order valence-corrected chi connectivity index (χ0v) is 17.0. The van der Waals surface area contributed by atoms with E-state index in [9.17, 15) is 9.59 Å². The van der Waals surface area contributed by atoms with Gasteiger partial charge in [0.2, 0.25) is 0 Å². The van der Waals surface area contributed by atoms with E-state index in [2.05, 4.69) is 58.9 Å². The van der Waals surface area contributed by atoms with E-state index in [1.807, 2.05) is 6.92 Å². The van der Waals surface area contributed by atoms with Gasteiger partial charge in [-0.05, 0) is 47.1 Å². The van der Waals surface area contributed by atoms with Gasteiger partial charge in [0.15, 0.2) is 0 Å². The van der Waals surface area contributed by atoms with Gasteiger partial charge in [0.1, 0.15) is 5.69 Å². The smallest absolute Gasteiger partial charge is 0.271 e. The second-order valence-corrected chi connectivity index (χ2v) is 8.27. The minimum absolute atomic E-state index is 0.175. The average molecular weight is 399 g/mol. The van der Waals surface area contributed by atoms with Gasteiger partial charge in [-0.25, -0.2) is 4.68 Å². The normalized spacial score (nSPS) is 21.0. The van der Waals surface area contributed by atoms with E-state index in [0.717, 1.165) is 12.8 Å². The molecule has 1 N–H and O–H groups in total. The lowest BCUT2D eigenvalue weighted by Gasteiger charge is -2.45. The molecule has 3 aromatic rings. The molecule has 0 aliphatic heterocycles. The summed E-state index contributed by atoms with van der Waals surface area (Å²) in [5, 5.41) is 7.32. The van der Waals surface area contributed by atoms with Crippen LogP contribution in [0.5, 0.6) is 0 Å². The Morgan fingerprint density at radius 1 is 1.00 bits per heavy atom. The minimum Gasteiger partial charge on any atom is -0.350 e. The quantitative estimate of drug-likeness (QED) is 0.712. The van der Waals surface area contributed by atoms with Crippen LogP contribution < -0.4 is 10.9 Å². The third-order valence-corrected chi connectivity index (χ3v) is 6.48. The van der Waals surface area contributed by atoms with E-state index >= 15 is 0 Å². The topological polar surface area (TPSA) is 64.0 Å². The molecule has 1 aromatic heterocycles. The lowest BCUT2D eigenvalue weighted by molar-refractivity contribution is 0.0935. The van der Waals surface area contributed by atoms with Crippen molar-refractivity contribution in [1.82, 2.24) is 15.1 Å². The number of amides is 1. The predicted molar refractivity (Wildman–Crippen MR) is 116 cm³/mol. The molecule has 152 valence electrons. The van der Waals surface area contributed by atoms with Crippen molar-refractivity contribution in [2.45, 2.75) is 38.1 Å². The van der Waals surface area contributed by atoms with Crippen molar-refractivity contribution in [2.24, 2.45) is 5.92 Å². The fourth-order valence-corrected chi connectivity index (χ4v) is 5.22. The third-order valence-electron chi connectivity index (χ3n) is 6.48. The molecule has 1 amide bonds. The number of carbonyl (C=O) groups is 1. The number of hydrogen-bond donors (Lipinski definition) is 1. The fourth-order valence-electron chi connectivity index (χ4n) is 5.22. The standard InChI is InChI=1S/C25H25N3O2/c1-2-13-28-23(29)12-11-22(27-28)25(30)26-15-16-14-21-17-7-3-5-9-19(17)24(16)20-10-6-4-8-18(20)21/h3-12,16,21,24H,2,13-15H2,1H3,(H,26,30)/t16-,21?,24?/m0/s1. The van der Waals surface area contributed by atoms with Crippen LogP contribution in [0.2, 0.25) is 0 Å². The Labute approximate surface area is 175 Å². The molecule has 0 radical (unpaired) electrons. The zero-order valence-electron chi connectivity index (χ0n) is 17.0. The maximum atomic E-state index is 12.8. The first-order chi connectivity index (χ1) is 14.7. The summed E-state index contributed by atoms with van der Waals surface area (Å²) in [5.41, 5.74) is 5.76.